The maximum Gasteiger partial charge on any atom is 0.338 e. The van der Waals surface area contributed by atoms with E-state index in [0.717, 1.165) is 4.88 Å². The fourth-order valence-electron chi connectivity index (χ4n) is 2.45. The first kappa shape index (κ1) is 23.2. The van der Waals surface area contributed by atoms with Gasteiger partial charge < -0.3 is 10.1 Å². The molecule has 2 aromatic carbocycles. The fourth-order valence-corrected chi connectivity index (χ4v) is 4.57. The average molecular weight is 499 g/mol. The van der Waals surface area contributed by atoms with Crippen LogP contribution in [0.3, 0.4) is 0 Å². The molecule has 3 aromatic rings. The third-order valence-electron chi connectivity index (χ3n) is 3.93. The second-order valence-electron chi connectivity index (χ2n) is 6.18. The molecule has 162 valence electrons. The SMILES string of the molecule is O=C(COC(=O)c1cccc(S(=O)(=O)NCc2cccs2)c1)Nc1cc(Cl)ccc1Cl. The molecule has 2 N–H and O–H groups in total. The Hall–Kier alpha value is -2.43. The number of anilines is 1. The minimum absolute atomic E-state index is 0.00686. The summed E-state index contributed by atoms with van der Waals surface area (Å²) < 4.78 is 32.4. The first-order valence-electron chi connectivity index (χ1n) is 8.79. The highest BCUT2D eigenvalue weighted by Crippen LogP contribution is 2.25. The molecular formula is C20H16Cl2N2O5S2. The number of rotatable bonds is 8. The van der Waals surface area contributed by atoms with Crippen LogP contribution < -0.4 is 10.0 Å². The fraction of sp³-hybridized carbons (Fsp3) is 0.100. The molecule has 0 aliphatic rings. The molecule has 3 rings (SSSR count). The zero-order valence-electron chi connectivity index (χ0n) is 15.8. The van der Waals surface area contributed by atoms with Crippen LogP contribution in [0.25, 0.3) is 0 Å². The van der Waals surface area contributed by atoms with E-state index in [1.165, 1.54) is 47.7 Å². The van der Waals surface area contributed by atoms with E-state index in [-0.39, 0.29) is 27.7 Å². The highest BCUT2D eigenvalue weighted by molar-refractivity contribution is 7.89. The number of halogens is 2. The third-order valence-corrected chi connectivity index (χ3v) is 6.77. The molecule has 0 fully saturated rings. The van der Waals surface area contributed by atoms with Crippen LogP contribution in [0.15, 0.2) is 64.9 Å². The van der Waals surface area contributed by atoms with Crippen molar-refractivity contribution in [2.45, 2.75) is 11.4 Å². The van der Waals surface area contributed by atoms with Crippen molar-refractivity contribution in [3.63, 3.8) is 0 Å². The predicted octanol–water partition coefficient (Wildman–Crippen LogP) is 4.33. The van der Waals surface area contributed by atoms with Gasteiger partial charge in [-0.25, -0.2) is 17.9 Å². The highest BCUT2D eigenvalue weighted by Gasteiger charge is 2.18. The minimum atomic E-state index is -3.83. The second kappa shape index (κ2) is 10.3. The molecule has 0 unspecified atom stereocenters. The van der Waals surface area contributed by atoms with Gasteiger partial charge in [-0.15, -0.1) is 11.3 Å². The molecule has 0 saturated heterocycles. The number of nitrogens with one attached hydrogen (secondary N) is 2. The number of hydrogen-bond donors (Lipinski definition) is 2. The van der Waals surface area contributed by atoms with E-state index in [0.29, 0.717) is 5.02 Å². The second-order valence-corrected chi connectivity index (χ2v) is 9.82. The molecule has 0 aliphatic heterocycles. The number of sulfonamides is 1. The smallest absolute Gasteiger partial charge is 0.338 e. The molecule has 0 radical (unpaired) electrons. The van der Waals surface area contributed by atoms with Crippen LogP contribution in [0.5, 0.6) is 0 Å². The molecule has 0 saturated carbocycles. The molecule has 1 heterocycles. The molecule has 0 bridgehead atoms. The first-order valence-corrected chi connectivity index (χ1v) is 11.9. The van der Waals surface area contributed by atoms with Gasteiger partial charge in [0.25, 0.3) is 5.91 Å². The Labute approximate surface area is 193 Å². The number of esters is 1. The summed E-state index contributed by atoms with van der Waals surface area (Å²) in [6.45, 7) is -0.448. The Morgan fingerprint density at radius 1 is 1.03 bits per heavy atom. The van der Waals surface area contributed by atoms with Gasteiger partial charge in [0.05, 0.1) is 21.2 Å². The highest BCUT2D eigenvalue weighted by atomic mass is 35.5. The van der Waals surface area contributed by atoms with E-state index in [9.17, 15) is 18.0 Å². The molecular weight excluding hydrogens is 483 g/mol. The van der Waals surface area contributed by atoms with Gasteiger partial charge in [0, 0.05) is 16.4 Å². The Balaban J connectivity index is 1.60. The molecule has 0 atom stereocenters. The quantitative estimate of drug-likeness (QED) is 0.450. The lowest BCUT2D eigenvalue weighted by atomic mass is 10.2. The lowest BCUT2D eigenvalue weighted by Gasteiger charge is -2.10. The average Bonchev–Trinajstić information content (AvgIpc) is 3.27. The number of hydrogen-bond acceptors (Lipinski definition) is 6. The summed E-state index contributed by atoms with van der Waals surface area (Å²) in [7, 11) is -3.83. The molecule has 7 nitrogen and oxygen atoms in total. The lowest BCUT2D eigenvalue weighted by molar-refractivity contribution is -0.119. The normalized spacial score (nSPS) is 11.2. The van der Waals surface area contributed by atoms with Crippen LogP contribution >= 0.6 is 34.5 Å². The number of carbonyl (C=O) groups excluding carboxylic acids is 2. The zero-order chi connectivity index (χ0) is 22.4. The van der Waals surface area contributed by atoms with Crippen LogP contribution in [0.2, 0.25) is 10.0 Å². The summed E-state index contributed by atoms with van der Waals surface area (Å²) in [5, 5.41) is 4.98. The maximum atomic E-state index is 12.5. The van der Waals surface area contributed by atoms with E-state index >= 15 is 0 Å². The summed E-state index contributed by atoms with van der Waals surface area (Å²) in [6, 6.07) is 13.5. The number of amides is 1. The standard InChI is InChI=1S/C20H16Cl2N2O5S2/c21-14-6-7-17(22)18(10-14)24-19(25)12-29-20(26)13-3-1-5-16(9-13)31(27,28)23-11-15-4-2-8-30-15/h1-10,23H,11-12H2,(H,24,25). The van der Waals surface area contributed by atoms with E-state index in [4.69, 9.17) is 27.9 Å². The van der Waals surface area contributed by atoms with Crippen LogP contribution in [0.4, 0.5) is 5.69 Å². The van der Waals surface area contributed by atoms with Gasteiger partial charge >= 0.3 is 5.97 Å². The first-order chi connectivity index (χ1) is 14.7. The topological polar surface area (TPSA) is 102 Å². The number of ether oxygens (including phenoxy) is 1. The number of thiophene rings is 1. The number of benzene rings is 2. The minimum Gasteiger partial charge on any atom is -0.452 e. The maximum absolute atomic E-state index is 12.5. The molecule has 1 amide bonds. The molecule has 11 heteroatoms. The van der Waals surface area contributed by atoms with Crippen molar-refractivity contribution < 1.29 is 22.7 Å². The summed E-state index contributed by atoms with van der Waals surface area (Å²) >= 11 is 13.3. The zero-order valence-corrected chi connectivity index (χ0v) is 18.9. The van der Waals surface area contributed by atoms with Crippen molar-refractivity contribution in [1.82, 2.24) is 4.72 Å². The Kier molecular flexibility index (Phi) is 7.69. The molecule has 0 aliphatic carbocycles. The van der Waals surface area contributed by atoms with Crippen molar-refractivity contribution >= 4 is 62.1 Å². The van der Waals surface area contributed by atoms with Gasteiger partial charge in [-0.2, -0.15) is 0 Å². The van der Waals surface area contributed by atoms with Crippen LogP contribution in [0.1, 0.15) is 15.2 Å². The lowest BCUT2D eigenvalue weighted by Crippen LogP contribution is -2.23. The Morgan fingerprint density at radius 2 is 1.84 bits per heavy atom. The van der Waals surface area contributed by atoms with Gasteiger partial charge in [-0.05, 0) is 47.8 Å². The third kappa shape index (κ3) is 6.52. The van der Waals surface area contributed by atoms with Crippen molar-refractivity contribution in [3.05, 3.63) is 80.5 Å². The summed E-state index contributed by atoms with van der Waals surface area (Å²) in [5.41, 5.74) is 0.271. The Morgan fingerprint density at radius 3 is 2.58 bits per heavy atom. The number of carbonyl (C=O) groups is 2. The van der Waals surface area contributed by atoms with Crippen molar-refractivity contribution in [1.29, 1.82) is 0 Å². The molecule has 31 heavy (non-hydrogen) atoms. The van der Waals surface area contributed by atoms with Gasteiger partial charge in [-0.1, -0.05) is 35.3 Å². The van der Waals surface area contributed by atoms with E-state index in [2.05, 4.69) is 10.0 Å². The van der Waals surface area contributed by atoms with Crippen molar-refractivity contribution in [3.8, 4) is 0 Å². The molecule has 0 spiro atoms. The van der Waals surface area contributed by atoms with Gasteiger partial charge in [-0.3, -0.25) is 4.79 Å². The van der Waals surface area contributed by atoms with Crippen molar-refractivity contribution in [2.75, 3.05) is 11.9 Å². The summed E-state index contributed by atoms with van der Waals surface area (Å²) in [5.74, 6) is -1.47. The van der Waals surface area contributed by atoms with Gasteiger partial charge in [0.2, 0.25) is 10.0 Å². The summed E-state index contributed by atoms with van der Waals surface area (Å²) in [4.78, 5) is 25.1. The van der Waals surface area contributed by atoms with Crippen LogP contribution in [0, 0.1) is 0 Å². The van der Waals surface area contributed by atoms with E-state index < -0.39 is 28.5 Å². The van der Waals surface area contributed by atoms with E-state index in [1.54, 1.807) is 6.07 Å². The monoisotopic (exact) mass is 498 g/mol. The van der Waals surface area contributed by atoms with Crippen LogP contribution in [-0.4, -0.2) is 26.9 Å². The van der Waals surface area contributed by atoms with Gasteiger partial charge in [0.15, 0.2) is 6.61 Å². The van der Waals surface area contributed by atoms with Crippen LogP contribution in [-0.2, 0) is 26.1 Å². The largest absolute Gasteiger partial charge is 0.452 e. The van der Waals surface area contributed by atoms with Gasteiger partial charge in [0.1, 0.15) is 0 Å². The molecule has 1 aromatic heterocycles. The predicted molar refractivity (Wildman–Crippen MR) is 120 cm³/mol. The van der Waals surface area contributed by atoms with E-state index in [1.807, 2.05) is 17.5 Å². The van der Waals surface area contributed by atoms with Crippen molar-refractivity contribution in [2.24, 2.45) is 0 Å². The Bertz CT molecular complexity index is 1200. The summed E-state index contributed by atoms with van der Waals surface area (Å²) in [6.07, 6.45) is 0.